The number of hydrogen-bond donors (Lipinski definition) is 0. The Morgan fingerprint density at radius 2 is 1.63 bits per heavy atom. The van der Waals surface area contributed by atoms with E-state index in [4.69, 9.17) is 5.26 Å². The van der Waals surface area contributed by atoms with Gasteiger partial charge in [-0.05, 0) is 45.0 Å². The predicted octanol–water partition coefficient (Wildman–Crippen LogP) is 4.66. The molecule has 5 heteroatoms. The highest BCUT2D eigenvalue weighted by molar-refractivity contribution is 6.03. The van der Waals surface area contributed by atoms with Crippen LogP contribution in [0.2, 0.25) is 0 Å². The van der Waals surface area contributed by atoms with E-state index in [-0.39, 0.29) is 0 Å². The fourth-order valence-electron chi connectivity index (χ4n) is 1.53. The Morgan fingerprint density at radius 1 is 1.11 bits per heavy atom. The Kier molecular flexibility index (Phi) is 4.49. The van der Waals surface area contributed by atoms with E-state index >= 15 is 0 Å². The minimum atomic E-state index is -4.35. The molecule has 100 valence electrons. The van der Waals surface area contributed by atoms with Crippen molar-refractivity contribution in [1.29, 1.82) is 5.26 Å². The minimum Gasteiger partial charge on any atom is -0.252 e. The normalized spacial score (nSPS) is 11.9. The maximum Gasteiger partial charge on any atom is 0.416 e. The van der Waals surface area contributed by atoms with Crippen molar-refractivity contribution >= 4 is 11.4 Å². The summed E-state index contributed by atoms with van der Waals surface area (Å²) in [6, 6.07) is 6.54. The Bertz CT molecular complexity index is 554. The number of benzene rings is 1. The van der Waals surface area contributed by atoms with Crippen LogP contribution in [0.1, 0.15) is 26.3 Å². The molecule has 0 radical (unpaired) electrons. The predicted molar refractivity (Wildman–Crippen MR) is 68.2 cm³/mol. The number of allylic oxidation sites excluding steroid dienone is 2. The van der Waals surface area contributed by atoms with Crippen LogP contribution in [-0.4, -0.2) is 5.71 Å². The third-order valence-corrected chi connectivity index (χ3v) is 2.47. The van der Waals surface area contributed by atoms with Gasteiger partial charge in [0.2, 0.25) is 0 Å². The molecule has 2 nitrogen and oxygen atoms in total. The summed E-state index contributed by atoms with van der Waals surface area (Å²) in [7, 11) is 0. The molecule has 0 amide bonds. The smallest absolute Gasteiger partial charge is 0.252 e. The van der Waals surface area contributed by atoms with Crippen LogP contribution >= 0.6 is 0 Å². The average molecular weight is 266 g/mol. The molecular weight excluding hydrogens is 253 g/mol. The first-order chi connectivity index (χ1) is 8.75. The second-order valence-electron chi connectivity index (χ2n) is 4.23. The zero-order valence-electron chi connectivity index (χ0n) is 10.8. The lowest BCUT2D eigenvalue weighted by molar-refractivity contribution is -0.137. The first-order valence-corrected chi connectivity index (χ1v) is 5.56. The van der Waals surface area contributed by atoms with Gasteiger partial charge in [-0.2, -0.15) is 18.4 Å². The lowest BCUT2D eigenvalue weighted by Gasteiger charge is -2.06. The molecule has 1 aromatic rings. The van der Waals surface area contributed by atoms with Crippen LogP contribution in [0.15, 0.2) is 40.4 Å². The van der Waals surface area contributed by atoms with Crippen LogP contribution in [0.5, 0.6) is 0 Å². The molecule has 0 fully saturated rings. The molecule has 0 aliphatic carbocycles. The number of aliphatic imine (C=N–C) groups is 1. The number of nitriles is 1. The van der Waals surface area contributed by atoms with Crippen LogP contribution in [0, 0.1) is 11.3 Å². The number of nitrogens with zero attached hydrogens (tertiary/aromatic N) is 2. The van der Waals surface area contributed by atoms with Gasteiger partial charge in [0.1, 0.15) is 6.07 Å². The van der Waals surface area contributed by atoms with Crippen molar-refractivity contribution < 1.29 is 13.2 Å². The van der Waals surface area contributed by atoms with E-state index < -0.39 is 11.7 Å². The van der Waals surface area contributed by atoms with E-state index in [1.807, 2.05) is 6.07 Å². The van der Waals surface area contributed by atoms with Crippen molar-refractivity contribution in [2.24, 2.45) is 4.99 Å². The van der Waals surface area contributed by atoms with Crippen molar-refractivity contribution in [3.05, 3.63) is 41.0 Å². The van der Waals surface area contributed by atoms with Gasteiger partial charge in [0.15, 0.2) is 0 Å². The zero-order chi connectivity index (χ0) is 14.6. The van der Waals surface area contributed by atoms with E-state index in [1.165, 1.54) is 12.1 Å². The van der Waals surface area contributed by atoms with Gasteiger partial charge >= 0.3 is 6.18 Å². The summed E-state index contributed by atoms with van der Waals surface area (Å²) in [5.41, 5.74) is 1.42. The number of hydrogen-bond acceptors (Lipinski definition) is 2. The summed E-state index contributed by atoms with van der Waals surface area (Å²) in [4.78, 5) is 4.14. The van der Waals surface area contributed by atoms with E-state index in [0.29, 0.717) is 17.0 Å². The molecule has 0 heterocycles. The first kappa shape index (κ1) is 15.0. The molecule has 0 aliphatic rings. The molecule has 0 spiro atoms. The quantitative estimate of drug-likeness (QED) is 0.566. The number of halogens is 3. The SMILES string of the molecule is CC(=Nc1ccc(C(F)(F)F)cc1)C(C#N)=C(C)C. The van der Waals surface area contributed by atoms with Gasteiger partial charge in [0.25, 0.3) is 0 Å². The number of rotatable bonds is 2. The highest BCUT2D eigenvalue weighted by Gasteiger charge is 2.29. The fourth-order valence-corrected chi connectivity index (χ4v) is 1.53. The van der Waals surface area contributed by atoms with Crippen molar-refractivity contribution in [3.8, 4) is 6.07 Å². The van der Waals surface area contributed by atoms with Gasteiger partial charge in [0, 0.05) is 0 Å². The molecule has 0 bridgehead atoms. The van der Waals surface area contributed by atoms with Crippen LogP contribution in [0.4, 0.5) is 18.9 Å². The lowest BCUT2D eigenvalue weighted by atomic mass is 10.1. The topological polar surface area (TPSA) is 36.1 Å². The van der Waals surface area contributed by atoms with Crippen LogP contribution < -0.4 is 0 Å². The molecule has 0 N–H and O–H groups in total. The van der Waals surface area contributed by atoms with Gasteiger partial charge in [0.05, 0.1) is 22.5 Å². The maximum atomic E-state index is 12.4. The molecule has 1 rings (SSSR count). The maximum absolute atomic E-state index is 12.4. The summed E-state index contributed by atoms with van der Waals surface area (Å²) in [5, 5.41) is 8.96. The van der Waals surface area contributed by atoms with Crippen molar-refractivity contribution in [2.45, 2.75) is 26.9 Å². The lowest BCUT2D eigenvalue weighted by Crippen LogP contribution is -2.03. The molecular formula is C14H13F3N2. The summed E-state index contributed by atoms with van der Waals surface area (Å²) >= 11 is 0. The Morgan fingerprint density at radius 3 is 2.00 bits per heavy atom. The Labute approximate surface area is 109 Å². The molecule has 0 saturated heterocycles. The molecule has 19 heavy (non-hydrogen) atoms. The van der Waals surface area contributed by atoms with Gasteiger partial charge in [-0.1, -0.05) is 5.57 Å². The third kappa shape index (κ3) is 3.95. The van der Waals surface area contributed by atoms with E-state index in [2.05, 4.69) is 4.99 Å². The molecule has 0 atom stereocenters. The van der Waals surface area contributed by atoms with Crippen molar-refractivity contribution in [1.82, 2.24) is 0 Å². The second-order valence-corrected chi connectivity index (χ2v) is 4.23. The van der Waals surface area contributed by atoms with Gasteiger partial charge in [-0.25, -0.2) is 0 Å². The molecule has 0 aliphatic heterocycles. The van der Waals surface area contributed by atoms with E-state index in [1.54, 1.807) is 20.8 Å². The molecule has 0 unspecified atom stereocenters. The Hall–Kier alpha value is -2.09. The molecule has 1 aromatic carbocycles. The summed E-state index contributed by atoms with van der Waals surface area (Å²) < 4.78 is 37.2. The largest absolute Gasteiger partial charge is 0.416 e. The van der Waals surface area contributed by atoms with Gasteiger partial charge < -0.3 is 0 Å². The van der Waals surface area contributed by atoms with Crippen molar-refractivity contribution in [2.75, 3.05) is 0 Å². The Balaban J connectivity index is 3.08. The van der Waals surface area contributed by atoms with E-state index in [9.17, 15) is 13.2 Å². The van der Waals surface area contributed by atoms with Gasteiger partial charge in [-0.15, -0.1) is 0 Å². The third-order valence-electron chi connectivity index (χ3n) is 2.47. The number of alkyl halides is 3. The summed E-state index contributed by atoms with van der Waals surface area (Å²) in [6.07, 6.45) is -4.35. The van der Waals surface area contributed by atoms with Crippen LogP contribution in [0.25, 0.3) is 0 Å². The standard InChI is InChI=1S/C14H13F3N2/c1-9(2)13(8-18)10(3)19-12-6-4-11(5-7-12)14(15,16)17/h4-7H,1-3H3. The highest BCUT2D eigenvalue weighted by atomic mass is 19.4. The fraction of sp³-hybridized carbons (Fsp3) is 0.286. The zero-order valence-corrected chi connectivity index (χ0v) is 10.8. The van der Waals surface area contributed by atoms with Crippen LogP contribution in [-0.2, 0) is 6.18 Å². The van der Waals surface area contributed by atoms with E-state index in [0.717, 1.165) is 17.7 Å². The molecule has 0 aromatic heterocycles. The highest BCUT2D eigenvalue weighted by Crippen LogP contribution is 2.30. The first-order valence-electron chi connectivity index (χ1n) is 5.56. The monoisotopic (exact) mass is 266 g/mol. The summed E-state index contributed by atoms with van der Waals surface area (Å²) in [5.74, 6) is 0. The van der Waals surface area contributed by atoms with Crippen molar-refractivity contribution in [3.63, 3.8) is 0 Å². The van der Waals surface area contributed by atoms with Crippen LogP contribution in [0.3, 0.4) is 0 Å². The average Bonchev–Trinajstić information content (AvgIpc) is 2.28. The molecule has 0 saturated carbocycles. The second kappa shape index (κ2) is 5.70. The van der Waals surface area contributed by atoms with Gasteiger partial charge in [-0.3, -0.25) is 4.99 Å². The summed E-state index contributed by atoms with van der Waals surface area (Å²) in [6.45, 7) is 5.22. The minimum absolute atomic E-state index is 0.388.